The number of urea groups is 1. The normalized spacial score (nSPS) is 17.8. The van der Waals surface area contributed by atoms with E-state index in [1.54, 1.807) is 25.1 Å². The first-order chi connectivity index (χ1) is 15.3. The van der Waals surface area contributed by atoms with Crippen molar-refractivity contribution in [1.29, 1.82) is 5.26 Å². The zero-order chi connectivity index (χ0) is 23.0. The first-order valence-electron chi connectivity index (χ1n) is 9.69. The van der Waals surface area contributed by atoms with Crippen molar-refractivity contribution in [3.8, 4) is 11.8 Å². The molecule has 10 nitrogen and oxygen atoms in total. The molecule has 10 heteroatoms. The summed E-state index contributed by atoms with van der Waals surface area (Å²) in [6.45, 7) is 2.99. The zero-order valence-corrected chi connectivity index (χ0v) is 17.3. The summed E-state index contributed by atoms with van der Waals surface area (Å²) in [6, 6.07) is 16.1. The second-order valence-electron chi connectivity index (χ2n) is 7.52. The van der Waals surface area contributed by atoms with Crippen molar-refractivity contribution in [2.24, 2.45) is 0 Å². The van der Waals surface area contributed by atoms with E-state index in [4.69, 9.17) is 0 Å². The third-order valence-electron chi connectivity index (χ3n) is 5.49. The number of hydrogen-bond acceptors (Lipinski definition) is 6. The molecule has 32 heavy (non-hydrogen) atoms. The molecule has 0 saturated carbocycles. The number of imide groups is 1. The van der Waals surface area contributed by atoms with Crippen LogP contribution in [0.5, 0.6) is 0 Å². The van der Waals surface area contributed by atoms with Gasteiger partial charge in [0.1, 0.15) is 11.6 Å². The molecule has 1 fully saturated rings. The Balaban J connectivity index is 1.74. The van der Waals surface area contributed by atoms with E-state index < -0.39 is 22.4 Å². The van der Waals surface area contributed by atoms with Gasteiger partial charge in [-0.1, -0.05) is 30.3 Å². The predicted octanol–water partition coefficient (Wildman–Crippen LogP) is 2.93. The van der Waals surface area contributed by atoms with E-state index in [1.165, 1.54) is 29.8 Å². The highest BCUT2D eigenvalue weighted by Crippen LogP contribution is 2.32. The smallest absolute Gasteiger partial charge is 0.319 e. The van der Waals surface area contributed by atoms with Gasteiger partial charge in [-0.25, -0.2) is 9.48 Å². The monoisotopic (exact) mass is 430 g/mol. The zero-order valence-electron chi connectivity index (χ0n) is 17.3. The minimum atomic E-state index is -1.48. The summed E-state index contributed by atoms with van der Waals surface area (Å²) >= 11 is 0. The van der Waals surface area contributed by atoms with Crippen molar-refractivity contribution in [3.63, 3.8) is 0 Å². The summed E-state index contributed by atoms with van der Waals surface area (Å²) in [6.07, 6.45) is 0. The topological polar surface area (TPSA) is 134 Å². The second kappa shape index (κ2) is 7.63. The largest absolute Gasteiger partial charge is 0.325 e. The quantitative estimate of drug-likeness (QED) is 0.376. The average molecular weight is 430 g/mol. The highest BCUT2D eigenvalue weighted by molar-refractivity contribution is 6.07. The standard InChI is InChI=1S/C22H18N6O4/c1-14-18(12-23)19(27(25-14)16-8-4-3-5-9-16)13-26-20(29)22(2,24-21(26)30)15-7-6-10-17(11-15)28(31)32/h3-11H,13H2,1-2H3,(H,24,30). The molecule has 1 saturated heterocycles. The third-order valence-corrected chi connectivity index (χ3v) is 5.49. The molecule has 0 spiro atoms. The van der Waals surface area contributed by atoms with Crippen LogP contribution in [0, 0.1) is 28.4 Å². The van der Waals surface area contributed by atoms with Crippen LogP contribution in [0.2, 0.25) is 0 Å². The molecule has 1 aliphatic heterocycles. The van der Waals surface area contributed by atoms with E-state index in [1.807, 2.05) is 18.2 Å². The molecule has 3 aromatic rings. The maximum atomic E-state index is 13.3. The Hall–Kier alpha value is -4.52. The van der Waals surface area contributed by atoms with E-state index >= 15 is 0 Å². The first-order valence-corrected chi connectivity index (χ1v) is 9.69. The Morgan fingerprint density at radius 1 is 1.19 bits per heavy atom. The van der Waals surface area contributed by atoms with Crippen molar-refractivity contribution in [1.82, 2.24) is 20.0 Å². The highest BCUT2D eigenvalue weighted by atomic mass is 16.6. The molecule has 1 N–H and O–H groups in total. The maximum absolute atomic E-state index is 13.3. The number of nitrogens with one attached hydrogen (secondary N) is 1. The van der Waals surface area contributed by atoms with E-state index in [9.17, 15) is 25.0 Å². The molecule has 2 aromatic carbocycles. The molecule has 4 rings (SSSR count). The lowest BCUT2D eigenvalue weighted by Gasteiger charge is -2.22. The number of aryl methyl sites for hydroxylation is 1. The summed E-state index contributed by atoms with van der Waals surface area (Å²) < 4.78 is 1.54. The fourth-order valence-corrected chi connectivity index (χ4v) is 3.77. The Morgan fingerprint density at radius 3 is 2.56 bits per heavy atom. The van der Waals surface area contributed by atoms with Crippen molar-refractivity contribution in [2.45, 2.75) is 25.9 Å². The summed E-state index contributed by atoms with van der Waals surface area (Å²) in [5.74, 6) is -0.578. The van der Waals surface area contributed by atoms with Gasteiger partial charge < -0.3 is 5.32 Å². The molecule has 2 heterocycles. The number of nitro groups is 1. The SMILES string of the molecule is Cc1nn(-c2ccccc2)c(CN2C(=O)NC(C)(c3cccc([N+](=O)[O-])c3)C2=O)c1C#N. The van der Waals surface area contributed by atoms with Gasteiger partial charge in [0, 0.05) is 12.1 Å². The lowest BCUT2D eigenvalue weighted by atomic mass is 9.91. The second-order valence-corrected chi connectivity index (χ2v) is 7.52. The van der Waals surface area contributed by atoms with Crippen LogP contribution in [0.3, 0.4) is 0 Å². The number of nitro benzene ring substituents is 1. The Kier molecular flexibility index (Phi) is 4.94. The van der Waals surface area contributed by atoms with Crippen molar-refractivity contribution in [2.75, 3.05) is 0 Å². The van der Waals surface area contributed by atoms with Gasteiger partial charge in [0.25, 0.3) is 11.6 Å². The number of benzene rings is 2. The lowest BCUT2D eigenvalue weighted by Crippen LogP contribution is -2.40. The van der Waals surface area contributed by atoms with Crippen LogP contribution >= 0.6 is 0 Å². The number of amides is 3. The molecule has 3 amide bonds. The van der Waals surface area contributed by atoms with Gasteiger partial charge in [0.15, 0.2) is 0 Å². The van der Waals surface area contributed by atoms with E-state index in [2.05, 4.69) is 16.5 Å². The van der Waals surface area contributed by atoms with Crippen LogP contribution in [-0.4, -0.2) is 31.5 Å². The molecule has 1 atom stereocenters. The van der Waals surface area contributed by atoms with Crippen LogP contribution in [0.15, 0.2) is 54.6 Å². The van der Waals surface area contributed by atoms with Gasteiger partial charge in [-0.15, -0.1) is 0 Å². The summed E-state index contributed by atoms with van der Waals surface area (Å²) in [5.41, 5.74) is 0.444. The Bertz CT molecular complexity index is 1290. The number of nitrogens with zero attached hydrogens (tertiary/aromatic N) is 5. The van der Waals surface area contributed by atoms with Gasteiger partial charge in [0.05, 0.1) is 34.1 Å². The van der Waals surface area contributed by atoms with Crippen molar-refractivity contribution >= 4 is 17.6 Å². The number of nitriles is 1. The molecule has 0 radical (unpaired) electrons. The number of aromatic nitrogens is 2. The minimum Gasteiger partial charge on any atom is -0.319 e. The highest BCUT2D eigenvalue weighted by Gasteiger charge is 2.49. The van der Waals surface area contributed by atoms with Crippen LogP contribution in [0.25, 0.3) is 5.69 Å². The number of hydrogen-bond donors (Lipinski definition) is 1. The van der Waals surface area contributed by atoms with Crippen molar-refractivity contribution in [3.05, 3.63) is 87.2 Å². The fourth-order valence-electron chi connectivity index (χ4n) is 3.77. The number of non-ortho nitro benzene ring substituents is 1. The van der Waals surface area contributed by atoms with Crippen LogP contribution in [-0.2, 0) is 16.9 Å². The predicted molar refractivity (Wildman–Crippen MR) is 113 cm³/mol. The molecule has 0 bridgehead atoms. The van der Waals surface area contributed by atoms with E-state index in [0.29, 0.717) is 22.6 Å². The first kappa shape index (κ1) is 20.7. The molecule has 1 aromatic heterocycles. The summed E-state index contributed by atoms with van der Waals surface area (Å²) in [5, 5.41) is 27.9. The van der Waals surface area contributed by atoms with E-state index in [0.717, 1.165) is 4.90 Å². The average Bonchev–Trinajstić information content (AvgIpc) is 3.22. The molecular formula is C22H18N6O4. The molecule has 0 aliphatic carbocycles. The number of carbonyl (C=O) groups excluding carboxylic acids is 2. The molecule has 1 unspecified atom stereocenters. The third kappa shape index (κ3) is 3.26. The van der Waals surface area contributed by atoms with E-state index in [-0.39, 0.29) is 17.8 Å². The molecule has 1 aliphatic rings. The Morgan fingerprint density at radius 2 is 1.91 bits per heavy atom. The lowest BCUT2D eigenvalue weighted by molar-refractivity contribution is -0.385. The summed E-state index contributed by atoms with van der Waals surface area (Å²) in [4.78, 5) is 37.7. The van der Waals surface area contributed by atoms with Crippen LogP contribution in [0.1, 0.15) is 29.4 Å². The van der Waals surface area contributed by atoms with Gasteiger partial charge in [-0.3, -0.25) is 19.8 Å². The van der Waals surface area contributed by atoms with Gasteiger partial charge in [-0.05, 0) is 31.5 Å². The van der Waals surface area contributed by atoms with Crippen molar-refractivity contribution < 1.29 is 14.5 Å². The van der Waals surface area contributed by atoms with Gasteiger partial charge in [-0.2, -0.15) is 10.4 Å². The van der Waals surface area contributed by atoms with Crippen LogP contribution in [0.4, 0.5) is 10.5 Å². The van der Waals surface area contributed by atoms with Crippen LogP contribution < -0.4 is 5.32 Å². The van der Waals surface area contributed by atoms with Gasteiger partial charge in [0.2, 0.25) is 0 Å². The molecular weight excluding hydrogens is 412 g/mol. The minimum absolute atomic E-state index is 0.186. The Labute approximate surface area is 182 Å². The maximum Gasteiger partial charge on any atom is 0.325 e. The number of carbonyl (C=O) groups is 2. The molecule has 160 valence electrons. The van der Waals surface area contributed by atoms with Gasteiger partial charge >= 0.3 is 6.03 Å². The number of para-hydroxylation sites is 1. The number of rotatable bonds is 5. The summed E-state index contributed by atoms with van der Waals surface area (Å²) in [7, 11) is 0. The fraction of sp³-hybridized carbons (Fsp3) is 0.182.